The number of ketones is 5. The van der Waals surface area contributed by atoms with Gasteiger partial charge in [0.2, 0.25) is 11.6 Å². The quantitative estimate of drug-likeness (QED) is 0.0900. The SMILES string of the molecule is COC[C@H]1OC(=O)c2coc3c2[C@@]1(C)C1=C(C3=O)C2CCC(=O)[C@@]2(C)C[C@H]1OC(C)=O.CO[C@H]1C[C@@H]2CC[C@@H](C)[C@@](O)(O2)C(=O)C(=O)N2CCCC[C@H]2C(=O)O[C@H]([C@H](C)C[C@@H]2CC[C@@H](O)[C@H](OC)C2)CC(=O)[C@H](C)/C=C(\C)[C@@H](O)[C@@H](OC)C(=O)[C@H](C)C[C@H](C)/C=C/C=CC=C1C. The molecule has 1 amide bonds. The van der Waals surface area contributed by atoms with Crippen molar-refractivity contribution in [2.75, 3.05) is 41.6 Å². The average Bonchev–Trinajstić information content (AvgIpc) is 1.36. The van der Waals surface area contributed by atoms with E-state index in [9.17, 15) is 58.5 Å². The van der Waals surface area contributed by atoms with Gasteiger partial charge in [-0.25, -0.2) is 9.59 Å². The molecule has 2 bridgehead atoms. The number of methoxy groups -OCH3 is 4. The smallest absolute Gasteiger partial charge is 0.342 e. The highest BCUT2D eigenvalue weighted by atomic mass is 16.6. The summed E-state index contributed by atoms with van der Waals surface area (Å²) in [7, 11) is 6.02. The molecule has 0 aromatic carbocycles. The number of cyclic esters (lactones) is 2. The van der Waals surface area contributed by atoms with Gasteiger partial charge >= 0.3 is 17.9 Å². The summed E-state index contributed by atoms with van der Waals surface area (Å²) in [6.07, 6.45) is 12.1. The third-order valence-electron chi connectivity index (χ3n) is 22.2. The van der Waals surface area contributed by atoms with Crippen molar-refractivity contribution in [3.05, 3.63) is 81.9 Å². The number of piperidine rings is 1. The largest absolute Gasteiger partial charge is 0.460 e. The molecular formula is C74H103NO21. The number of allylic oxidation sites excluding steroid dienone is 7. The topological polar surface area (TPSA) is 305 Å². The van der Waals surface area contributed by atoms with Crippen LogP contribution in [0.1, 0.15) is 192 Å². The Morgan fingerprint density at radius 1 is 0.823 bits per heavy atom. The van der Waals surface area contributed by atoms with Crippen LogP contribution in [0.3, 0.4) is 0 Å². The van der Waals surface area contributed by atoms with Gasteiger partial charge < -0.3 is 62.5 Å². The van der Waals surface area contributed by atoms with Crippen LogP contribution < -0.4 is 0 Å². The van der Waals surface area contributed by atoms with Crippen molar-refractivity contribution in [2.24, 2.45) is 46.8 Å². The zero-order chi connectivity index (χ0) is 70.5. The standard InChI is InChI=1S/C51H79NO13.C23H24O8/c1-30-16-12-11-13-17-31(2)42(61-8)28-38-21-19-36(7)51(60,65-38)48(57)49(58)52-23-15-14-18-39(52)50(59)64-43(33(4)26-37-20-22-40(53)44(27-37)62-9)29-41(54)32(3)25-35(6)46(56)47(63-10)45(55)34(5)24-30;1-10(24)30-13-7-22(2)12(5-6-14(22)25)16-18(13)23(3)15(9-28-4)31-21(27)11-8-29-20(17(11)23)19(16)26/h11-13,16-17,25,30,32-34,36-40,42-44,46-47,53,56,60H,14-15,18-24,26-29H2,1-10H3;8,12-13,15H,5-7,9H2,1-4H3/b13-11?,16-12+,31-17?,35-25+;/t30-,32-,33-,34-,36-,37+,38+,39+,40-,42+,43+,44-,46-,47+,51-;12?,13-,15-,22+,23+/m11/s1. The van der Waals surface area contributed by atoms with E-state index in [2.05, 4.69) is 0 Å². The molecule has 1 aromatic rings. The van der Waals surface area contributed by atoms with E-state index in [-0.39, 0.29) is 96.6 Å². The van der Waals surface area contributed by atoms with Crippen LogP contribution in [-0.2, 0) is 76.9 Å². The summed E-state index contributed by atoms with van der Waals surface area (Å²) in [6.45, 7) is 17.9. The van der Waals surface area contributed by atoms with Crippen LogP contribution in [0.2, 0.25) is 0 Å². The summed E-state index contributed by atoms with van der Waals surface area (Å²) in [5.41, 5.74) is 1.19. The minimum absolute atomic E-state index is 0.0193. The molecule has 20 atom stereocenters. The molecule has 530 valence electrons. The van der Waals surface area contributed by atoms with Crippen LogP contribution in [0.4, 0.5) is 0 Å². The predicted molar refractivity (Wildman–Crippen MR) is 350 cm³/mol. The van der Waals surface area contributed by atoms with E-state index in [4.69, 9.17) is 42.3 Å². The monoisotopic (exact) mass is 1340 g/mol. The number of amides is 1. The maximum absolute atomic E-state index is 14.4. The van der Waals surface area contributed by atoms with Gasteiger partial charge in [-0.15, -0.1) is 0 Å². The highest BCUT2D eigenvalue weighted by molar-refractivity contribution is 6.39. The van der Waals surface area contributed by atoms with Gasteiger partial charge in [-0.1, -0.05) is 78.0 Å². The molecule has 2 saturated carbocycles. The first-order chi connectivity index (χ1) is 45.4. The van der Waals surface area contributed by atoms with Gasteiger partial charge in [0.15, 0.2) is 11.5 Å². The lowest BCUT2D eigenvalue weighted by Gasteiger charge is -2.51. The zero-order valence-electron chi connectivity index (χ0n) is 58.5. The maximum atomic E-state index is 14.4. The van der Waals surface area contributed by atoms with Crippen LogP contribution >= 0.6 is 0 Å². The molecule has 0 radical (unpaired) electrons. The molecule has 3 N–H and O–H groups in total. The minimum atomic E-state index is -2.43. The molecule has 22 nitrogen and oxygen atoms in total. The first-order valence-electron chi connectivity index (χ1n) is 34.4. The zero-order valence-corrected chi connectivity index (χ0v) is 58.5. The van der Waals surface area contributed by atoms with Crippen molar-refractivity contribution in [2.45, 2.75) is 238 Å². The number of nitrogens with zero attached hydrogens (tertiary/aromatic N) is 1. The lowest BCUT2D eigenvalue weighted by atomic mass is 9.54. The third kappa shape index (κ3) is 15.7. The van der Waals surface area contributed by atoms with Crippen molar-refractivity contribution in [3.8, 4) is 0 Å². The summed E-state index contributed by atoms with van der Waals surface area (Å²) >= 11 is 0. The number of hydrogen-bond acceptors (Lipinski definition) is 21. The van der Waals surface area contributed by atoms with Crippen molar-refractivity contribution in [1.82, 2.24) is 4.90 Å². The minimum Gasteiger partial charge on any atom is -0.460 e. The number of fused-ring (bicyclic) bond motifs is 6. The van der Waals surface area contributed by atoms with Crippen molar-refractivity contribution >= 4 is 52.7 Å². The van der Waals surface area contributed by atoms with Gasteiger partial charge in [0.1, 0.15) is 60.0 Å². The molecule has 1 aromatic heterocycles. The summed E-state index contributed by atoms with van der Waals surface area (Å²) in [4.78, 5) is 123. The van der Waals surface area contributed by atoms with E-state index in [1.807, 2.05) is 71.9 Å². The predicted octanol–water partition coefficient (Wildman–Crippen LogP) is 8.72. The van der Waals surface area contributed by atoms with E-state index in [1.165, 1.54) is 32.3 Å². The van der Waals surface area contributed by atoms with E-state index in [0.717, 1.165) is 12.0 Å². The van der Waals surface area contributed by atoms with E-state index in [0.29, 0.717) is 92.9 Å². The number of aliphatic hydroxyl groups is 3. The Kier molecular flexibility index (Phi) is 25.1. The van der Waals surface area contributed by atoms with Crippen LogP contribution in [0.5, 0.6) is 0 Å². The van der Waals surface area contributed by atoms with Crippen LogP contribution in [0.25, 0.3) is 0 Å². The number of carbonyl (C=O) groups is 9. The second kappa shape index (κ2) is 31.8. The number of aliphatic hydroxyl groups excluding tert-OH is 2. The van der Waals surface area contributed by atoms with Crippen molar-refractivity contribution in [3.63, 3.8) is 0 Å². The molecule has 5 heterocycles. The fraction of sp³-hybridized carbons (Fsp3) is 0.689. The summed E-state index contributed by atoms with van der Waals surface area (Å²) in [5, 5.41) is 33.8. The molecule has 2 saturated heterocycles. The Morgan fingerprint density at radius 2 is 1.55 bits per heavy atom. The van der Waals surface area contributed by atoms with Crippen LogP contribution in [0.15, 0.2) is 69.4 Å². The number of rotatable bonds is 9. The first-order valence-corrected chi connectivity index (χ1v) is 34.4. The maximum Gasteiger partial charge on any atom is 0.342 e. The molecule has 4 fully saturated rings. The van der Waals surface area contributed by atoms with Gasteiger partial charge in [0, 0.05) is 108 Å². The van der Waals surface area contributed by atoms with Crippen LogP contribution in [-0.4, -0.2) is 181 Å². The van der Waals surface area contributed by atoms with E-state index >= 15 is 0 Å². The van der Waals surface area contributed by atoms with Gasteiger partial charge in [-0.2, -0.15) is 0 Å². The Bertz CT molecular complexity index is 3240. The number of esters is 3. The number of carbonyl (C=O) groups excluding carboxylic acids is 9. The fourth-order valence-corrected chi connectivity index (χ4v) is 16.4. The second-order valence-electron chi connectivity index (χ2n) is 28.9. The molecular weight excluding hydrogens is 1240 g/mol. The van der Waals surface area contributed by atoms with Gasteiger partial charge in [-0.3, -0.25) is 33.6 Å². The second-order valence-corrected chi connectivity index (χ2v) is 28.9. The summed E-state index contributed by atoms with van der Waals surface area (Å²) in [6, 6.07) is -1.14. The lowest BCUT2D eigenvalue weighted by Crippen LogP contribution is -2.61. The van der Waals surface area contributed by atoms with E-state index in [1.54, 1.807) is 41.1 Å². The van der Waals surface area contributed by atoms with Gasteiger partial charge in [0.05, 0.1) is 36.4 Å². The molecule has 1 unspecified atom stereocenters. The van der Waals surface area contributed by atoms with Crippen molar-refractivity contribution in [1.29, 1.82) is 0 Å². The number of furan rings is 1. The Hall–Kier alpha value is -6.11. The molecule has 4 aliphatic heterocycles. The number of ether oxygens (including phenoxy) is 8. The highest BCUT2D eigenvalue weighted by Gasteiger charge is 2.65. The average molecular weight is 1340 g/mol. The van der Waals surface area contributed by atoms with Gasteiger partial charge in [-0.05, 0) is 126 Å². The number of hydrogen-bond donors (Lipinski definition) is 3. The van der Waals surface area contributed by atoms with Gasteiger partial charge in [0.25, 0.3) is 11.7 Å². The molecule has 9 rings (SSSR count). The molecule has 0 spiro atoms. The molecule has 8 aliphatic rings. The molecule has 96 heavy (non-hydrogen) atoms. The Morgan fingerprint density at radius 3 is 2.23 bits per heavy atom. The van der Waals surface area contributed by atoms with E-state index < -0.39 is 119 Å². The van der Waals surface area contributed by atoms with Crippen LogP contribution in [0, 0.1) is 46.8 Å². The Balaban J connectivity index is 0.000000313. The third-order valence-corrected chi connectivity index (χ3v) is 22.2. The van der Waals surface area contributed by atoms with Crippen molar-refractivity contribution < 1.29 is 101 Å². The lowest BCUT2D eigenvalue weighted by molar-refractivity contribution is -0.265. The highest BCUT2D eigenvalue weighted by Crippen LogP contribution is 2.61. The number of Topliss-reactive ketones (excluding diaryl/α,β-unsaturated/α-hetero) is 5. The molecule has 4 aliphatic carbocycles. The molecule has 22 heteroatoms. The fourth-order valence-electron chi connectivity index (χ4n) is 16.4. The first kappa shape index (κ1) is 75.7. The Labute approximate surface area is 564 Å². The summed E-state index contributed by atoms with van der Waals surface area (Å²) < 4.78 is 51.8. The normalized spacial score (nSPS) is 38.1. The summed E-state index contributed by atoms with van der Waals surface area (Å²) in [5.74, 6) is -9.54.